The number of hydrogen-bond acceptors (Lipinski definition) is 3. The van der Waals surface area contributed by atoms with Crippen molar-refractivity contribution in [1.82, 2.24) is 0 Å². The molecule has 0 unspecified atom stereocenters. The molecular formula is C39H27BO3. The van der Waals surface area contributed by atoms with Crippen LogP contribution in [0.2, 0.25) is 0 Å². The van der Waals surface area contributed by atoms with Gasteiger partial charge in [-0.2, -0.15) is 0 Å². The first-order chi connectivity index (χ1) is 21.3. The third-order valence-corrected chi connectivity index (χ3v) is 9.07. The van der Waals surface area contributed by atoms with E-state index in [0.717, 1.165) is 33.4 Å². The summed E-state index contributed by atoms with van der Waals surface area (Å²) in [4.78, 5) is 0. The fourth-order valence-corrected chi connectivity index (χ4v) is 7.20. The molecule has 6 aromatic rings. The molecule has 0 saturated carbocycles. The number of benzene rings is 6. The van der Waals surface area contributed by atoms with Gasteiger partial charge in [-0.15, -0.1) is 0 Å². The number of hydrogen-bond donors (Lipinski definition) is 0. The Labute approximate surface area is 251 Å². The van der Waals surface area contributed by atoms with Crippen molar-refractivity contribution in [3.63, 3.8) is 0 Å². The van der Waals surface area contributed by atoms with E-state index in [1.54, 1.807) is 0 Å². The normalized spacial score (nSPS) is 14.5. The summed E-state index contributed by atoms with van der Waals surface area (Å²) in [6, 6.07) is 50.9. The van der Waals surface area contributed by atoms with Gasteiger partial charge < -0.3 is 14.0 Å². The van der Waals surface area contributed by atoms with E-state index in [-0.39, 0.29) is 18.3 Å². The quantitative estimate of drug-likeness (QED) is 0.192. The second kappa shape index (κ2) is 9.93. The van der Waals surface area contributed by atoms with Crippen LogP contribution >= 0.6 is 0 Å². The summed E-state index contributed by atoms with van der Waals surface area (Å²) in [5.74, 6) is 0. The summed E-state index contributed by atoms with van der Waals surface area (Å²) in [5.41, 5.74) is 13.9. The van der Waals surface area contributed by atoms with Crippen LogP contribution in [0, 0.1) is 0 Å². The largest absolute Gasteiger partial charge is 0.641 e. The highest BCUT2D eigenvalue weighted by Crippen LogP contribution is 2.50. The van der Waals surface area contributed by atoms with Crippen LogP contribution < -0.4 is 0 Å². The fourth-order valence-electron chi connectivity index (χ4n) is 7.20. The zero-order valence-electron chi connectivity index (χ0n) is 23.4. The Hall–Kier alpha value is -4.74. The SMILES string of the molecule is c1ccc2c(c1)-c1ccccc1C2OB(OC1c2ccccc2-c2ccccc21)OC1c2ccccc2-c2ccccc21. The molecule has 0 heterocycles. The number of fused-ring (bicyclic) bond motifs is 9. The van der Waals surface area contributed by atoms with Crippen LogP contribution in [0.4, 0.5) is 0 Å². The Morgan fingerprint density at radius 1 is 0.279 bits per heavy atom. The average Bonchev–Trinajstić information content (AvgIpc) is 3.68. The minimum absolute atomic E-state index is 0.323. The lowest BCUT2D eigenvalue weighted by atomic mass is 10.0. The van der Waals surface area contributed by atoms with Gasteiger partial charge >= 0.3 is 7.32 Å². The Bertz CT molecular complexity index is 1650. The maximum Gasteiger partial charge on any atom is 0.641 e. The smallest absolute Gasteiger partial charge is 0.375 e. The first-order valence-corrected chi connectivity index (χ1v) is 14.9. The van der Waals surface area contributed by atoms with E-state index >= 15 is 0 Å². The lowest BCUT2D eigenvalue weighted by Gasteiger charge is -2.27. The van der Waals surface area contributed by atoms with Gasteiger partial charge in [0.25, 0.3) is 0 Å². The van der Waals surface area contributed by atoms with Crippen LogP contribution in [0.25, 0.3) is 33.4 Å². The fraction of sp³-hybridized carbons (Fsp3) is 0.0769. The van der Waals surface area contributed by atoms with Crippen LogP contribution in [0.1, 0.15) is 51.7 Å². The first-order valence-electron chi connectivity index (χ1n) is 14.9. The molecule has 0 aromatic heterocycles. The standard InChI is InChI=1S/C39H27BO3/c1-7-19-31-25(13-1)26-14-2-8-20-32(26)37(31)41-40(42-38-33-21-9-3-15-27(33)28-16-4-10-22-34(28)38)43-39-35-23-11-5-17-29(35)30-18-6-12-24-36(30)39/h1-24,37-39H. The van der Waals surface area contributed by atoms with Gasteiger partial charge in [-0.1, -0.05) is 146 Å². The summed E-state index contributed by atoms with van der Waals surface area (Å²) in [5, 5.41) is 0. The van der Waals surface area contributed by atoms with Crippen LogP contribution in [0.5, 0.6) is 0 Å². The van der Waals surface area contributed by atoms with Crippen LogP contribution in [-0.2, 0) is 14.0 Å². The van der Waals surface area contributed by atoms with Gasteiger partial charge in [-0.05, 0) is 66.8 Å². The van der Waals surface area contributed by atoms with Crippen molar-refractivity contribution in [1.29, 1.82) is 0 Å². The van der Waals surface area contributed by atoms with E-state index < -0.39 is 7.32 Å². The Balaban J connectivity index is 1.15. The minimum atomic E-state index is -0.961. The van der Waals surface area contributed by atoms with Crippen molar-refractivity contribution >= 4 is 7.32 Å². The molecule has 0 spiro atoms. The van der Waals surface area contributed by atoms with Gasteiger partial charge in [0.1, 0.15) is 0 Å². The highest BCUT2D eigenvalue weighted by molar-refractivity contribution is 6.37. The molecule has 204 valence electrons. The second-order valence-corrected chi connectivity index (χ2v) is 11.4. The first kappa shape index (κ1) is 24.8. The van der Waals surface area contributed by atoms with E-state index in [1.165, 1.54) is 33.4 Å². The minimum Gasteiger partial charge on any atom is -0.375 e. The van der Waals surface area contributed by atoms with Gasteiger partial charge in [0.15, 0.2) is 0 Å². The zero-order valence-corrected chi connectivity index (χ0v) is 23.4. The maximum atomic E-state index is 7.00. The Morgan fingerprint density at radius 3 is 0.674 bits per heavy atom. The molecule has 0 N–H and O–H groups in total. The zero-order chi connectivity index (χ0) is 28.3. The second-order valence-electron chi connectivity index (χ2n) is 11.4. The molecule has 3 nitrogen and oxygen atoms in total. The lowest BCUT2D eigenvalue weighted by Crippen LogP contribution is -2.32. The number of rotatable bonds is 6. The van der Waals surface area contributed by atoms with Crippen LogP contribution in [0.3, 0.4) is 0 Å². The molecule has 6 aromatic carbocycles. The third-order valence-electron chi connectivity index (χ3n) is 9.07. The van der Waals surface area contributed by atoms with E-state index in [2.05, 4.69) is 146 Å². The van der Waals surface area contributed by atoms with E-state index in [4.69, 9.17) is 14.0 Å². The predicted octanol–water partition coefficient (Wildman–Crippen LogP) is 9.33. The molecule has 0 bridgehead atoms. The van der Waals surface area contributed by atoms with E-state index in [1.807, 2.05) is 0 Å². The molecule has 0 fully saturated rings. The maximum absolute atomic E-state index is 7.00. The molecule has 4 heteroatoms. The van der Waals surface area contributed by atoms with Gasteiger partial charge in [-0.3, -0.25) is 0 Å². The Morgan fingerprint density at radius 2 is 0.465 bits per heavy atom. The molecule has 0 aliphatic heterocycles. The van der Waals surface area contributed by atoms with E-state index in [9.17, 15) is 0 Å². The van der Waals surface area contributed by atoms with Crippen molar-refractivity contribution in [3.8, 4) is 33.4 Å². The van der Waals surface area contributed by atoms with Gasteiger partial charge in [0.2, 0.25) is 0 Å². The average molecular weight is 554 g/mol. The molecule has 0 radical (unpaired) electrons. The van der Waals surface area contributed by atoms with Crippen molar-refractivity contribution in [2.24, 2.45) is 0 Å². The summed E-state index contributed by atoms with van der Waals surface area (Å²) in [6.45, 7) is 0. The topological polar surface area (TPSA) is 27.7 Å². The van der Waals surface area contributed by atoms with Gasteiger partial charge in [-0.25, -0.2) is 0 Å². The van der Waals surface area contributed by atoms with Gasteiger partial charge in [0, 0.05) is 0 Å². The molecule has 3 aliphatic rings. The molecule has 9 rings (SSSR count). The summed E-state index contributed by atoms with van der Waals surface area (Å²) in [7, 11) is -0.961. The molecule has 0 amide bonds. The summed E-state index contributed by atoms with van der Waals surface area (Å²) >= 11 is 0. The van der Waals surface area contributed by atoms with Crippen LogP contribution in [-0.4, -0.2) is 7.32 Å². The molecule has 0 saturated heterocycles. The lowest BCUT2D eigenvalue weighted by molar-refractivity contribution is 0.0366. The van der Waals surface area contributed by atoms with Crippen molar-refractivity contribution in [3.05, 3.63) is 179 Å². The predicted molar refractivity (Wildman–Crippen MR) is 170 cm³/mol. The summed E-state index contributed by atoms with van der Waals surface area (Å²) < 4.78 is 21.0. The van der Waals surface area contributed by atoms with Crippen molar-refractivity contribution < 1.29 is 14.0 Å². The third kappa shape index (κ3) is 3.88. The molecule has 43 heavy (non-hydrogen) atoms. The van der Waals surface area contributed by atoms with Crippen molar-refractivity contribution in [2.45, 2.75) is 18.3 Å². The van der Waals surface area contributed by atoms with Crippen LogP contribution in [0.15, 0.2) is 146 Å². The highest BCUT2D eigenvalue weighted by atomic mass is 16.7. The van der Waals surface area contributed by atoms with E-state index in [0.29, 0.717) is 0 Å². The highest BCUT2D eigenvalue weighted by Gasteiger charge is 2.42. The molecular weight excluding hydrogens is 527 g/mol. The van der Waals surface area contributed by atoms with Gasteiger partial charge in [0.05, 0.1) is 18.3 Å². The Kier molecular flexibility index (Phi) is 5.73. The molecule has 0 atom stereocenters. The monoisotopic (exact) mass is 554 g/mol. The molecule has 3 aliphatic carbocycles. The summed E-state index contributed by atoms with van der Waals surface area (Å²) in [6.07, 6.45) is -0.969. The van der Waals surface area contributed by atoms with Crippen molar-refractivity contribution in [2.75, 3.05) is 0 Å².